The number of hydrogen-bond donors (Lipinski definition) is 2. The van der Waals surface area contributed by atoms with Crippen molar-refractivity contribution in [1.82, 2.24) is 14.5 Å². The number of aliphatic hydroxyl groups excluding tert-OH is 1. The van der Waals surface area contributed by atoms with E-state index in [0.717, 1.165) is 63.8 Å². The molecular weight excluding hydrogens is 468 g/mol. The zero-order chi connectivity index (χ0) is 22.1. The molecule has 1 aliphatic rings. The molecule has 6 nitrogen and oxygen atoms in total. The van der Waals surface area contributed by atoms with Crippen LogP contribution in [0.2, 0.25) is 0 Å². The lowest BCUT2D eigenvalue weighted by molar-refractivity contribution is 0.111. The van der Waals surface area contributed by atoms with Crippen LogP contribution in [0.5, 0.6) is 5.75 Å². The fraction of sp³-hybridized carbons (Fsp3) is 0.280. The van der Waals surface area contributed by atoms with Crippen molar-refractivity contribution in [2.75, 3.05) is 5.73 Å². The fourth-order valence-corrected chi connectivity index (χ4v) is 5.41. The normalized spacial score (nSPS) is 18.7. The number of halogens is 1. The molecule has 1 fully saturated rings. The number of hydrogen-bond acceptors (Lipinski definition) is 5. The lowest BCUT2D eigenvalue weighted by Crippen LogP contribution is -2.21. The molecular formula is C25H25BrN4O2. The van der Waals surface area contributed by atoms with Crippen molar-refractivity contribution < 1.29 is 9.84 Å². The highest BCUT2D eigenvalue weighted by Crippen LogP contribution is 2.44. The highest BCUT2D eigenvalue weighted by Gasteiger charge is 2.28. The quantitative estimate of drug-likeness (QED) is 0.384. The summed E-state index contributed by atoms with van der Waals surface area (Å²) in [5, 5.41) is 10.8. The molecule has 1 aliphatic carbocycles. The van der Waals surface area contributed by atoms with Crippen LogP contribution in [-0.4, -0.2) is 25.7 Å². The molecule has 2 aromatic heterocycles. The van der Waals surface area contributed by atoms with Gasteiger partial charge in [0.1, 0.15) is 30.1 Å². The Morgan fingerprint density at radius 2 is 1.81 bits per heavy atom. The van der Waals surface area contributed by atoms with Crippen molar-refractivity contribution in [3.05, 3.63) is 71.1 Å². The topological polar surface area (TPSA) is 86.2 Å². The van der Waals surface area contributed by atoms with Crippen molar-refractivity contribution in [3.8, 4) is 16.9 Å². The number of aliphatic hydroxyl groups is 1. The molecule has 5 rings (SSSR count). The van der Waals surface area contributed by atoms with Gasteiger partial charge in [-0.2, -0.15) is 0 Å². The van der Waals surface area contributed by atoms with Gasteiger partial charge in [0.05, 0.1) is 16.1 Å². The van der Waals surface area contributed by atoms with Crippen LogP contribution >= 0.6 is 15.9 Å². The summed E-state index contributed by atoms with van der Waals surface area (Å²) in [5.41, 5.74) is 10.2. The van der Waals surface area contributed by atoms with E-state index >= 15 is 0 Å². The first-order valence-corrected chi connectivity index (χ1v) is 11.7. The molecule has 3 N–H and O–H groups in total. The van der Waals surface area contributed by atoms with Gasteiger partial charge in [-0.3, -0.25) is 0 Å². The highest BCUT2D eigenvalue weighted by atomic mass is 79.9. The molecule has 0 spiro atoms. The number of aromatic nitrogens is 3. The van der Waals surface area contributed by atoms with E-state index in [1.807, 2.05) is 48.5 Å². The van der Waals surface area contributed by atoms with E-state index in [4.69, 9.17) is 10.5 Å². The number of nitrogen functional groups attached to an aromatic ring is 1. The molecule has 0 atom stereocenters. The van der Waals surface area contributed by atoms with Crippen LogP contribution < -0.4 is 10.5 Å². The molecule has 0 unspecified atom stereocenters. The largest absolute Gasteiger partial charge is 0.489 e. The maximum atomic E-state index is 9.97. The van der Waals surface area contributed by atoms with E-state index in [1.54, 1.807) is 0 Å². The average molecular weight is 493 g/mol. The van der Waals surface area contributed by atoms with Gasteiger partial charge < -0.3 is 20.1 Å². The zero-order valence-electron chi connectivity index (χ0n) is 17.6. The Kier molecular flexibility index (Phi) is 5.85. The van der Waals surface area contributed by atoms with Crippen LogP contribution in [0.4, 0.5) is 5.82 Å². The van der Waals surface area contributed by atoms with Crippen LogP contribution in [-0.2, 0) is 6.61 Å². The van der Waals surface area contributed by atoms with Crippen LogP contribution in [0.15, 0.2) is 65.5 Å². The Morgan fingerprint density at radius 3 is 2.59 bits per heavy atom. The Labute approximate surface area is 195 Å². The first-order chi connectivity index (χ1) is 15.6. The molecule has 4 aromatic rings. The molecule has 2 aromatic carbocycles. The van der Waals surface area contributed by atoms with E-state index in [2.05, 4.69) is 36.5 Å². The van der Waals surface area contributed by atoms with Crippen LogP contribution in [0, 0.1) is 0 Å². The lowest BCUT2D eigenvalue weighted by Gasteiger charge is -2.27. The summed E-state index contributed by atoms with van der Waals surface area (Å²) in [6, 6.07) is 18.4. The van der Waals surface area contributed by atoms with Crippen LogP contribution in [0.1, 0.15) is 37.3 Å². The maximum absolute atomic E-state index is 9.97. The zero-order valence-corrected chi connectivity index (χ0v) is 19.2. The number of benzene rings is 2. The summed E-state index contributed by atoms with van der Waals surface area (Å²) in [5.74, 6) is 1.24. The van der Waals surface area contributed by atoms with Gasteiger partial charge in [-0.1, -0.05) is 42.5 Å². The van der Waals surface area contributed by atoms with Gasteiger partial charge in [-0.05, 0) is 64.9 Å². The number of nitrogens with zero attached hydrogens (tertiary/aromatic N) is 3. The Morgan fingerprint density at radius 1 is 1.03 bits per heavy atom. The van der Waals surface area contributed by atoms with E-state index in [1.165, 1.54) is 6.33 Å². The van der Waals surface area contributed by atoms with Gasteiger partial charge in [-0.15, -0.1) is 0 Å². The van der Waals surface area contributed by atoms with Gasteiger partial charge in [-0.25, -0.2) is 9.97 Å². The van der Waals surface area contributed by atoms with Gasteiger partial charge in [0.2, 0.25) is 0 Å². The smallest absolute Gasteiger partial charge is 0.147 e. The number of anilines is 1. The van der Waals surface area contributed by atoms with E-state index in [9.17, 15) is 5.11 Å². The second-order valence-corrected chi connectivity index (χ2v) is 9.01. The molecule has 2 heterocycles. The van der Waals surface area contributed by atoms with Crippen molar-refractivity contribution in [3.63, 3.8) is 0 Å². The summed E-state index contributed by atoms with van der Waals surface area (Å²) < 4.78 is 9.21. The van der Waals surface area contributed by atoms with Gasteiger partial charge in [0, 0.05) is 11.6 Å². The van der Waals surface area contributed by atoms with E-state index in [0.29, 0.717) is 12.4 Å². The molecule has 0 bridgehead atoms. The number of nitrogens with two attached hydrogens (primary N) is 1. The van der Waals surface area contributed by atoms with Gasteiger partial charge in [0.15, 0.2) is 0 Å². The standard InChI is InChI=1S/C25H25BrN4O2/c26-23-21(17-7-4-8-20(13-17)32-14-16-5-2-1-3-6-16)22-24(27)28-15-29-25(22)30(23)18-9-11-19(31)12-10-18/h1-8,13,15,18-19,31H,9-12,14H2,(H2,27,28,29). The first-order valence-electron chi connectivity index (χ1n) is 10.9. The second kappa shape index (κ2) is 8.92. The minimum absolute atomic E-state index is 0.218. The third-order valence-corrected chi connectivity index (χ3v) is 6.93. The van der Waals surface area contributed by atoms with E-state index < -0.39 is 0 Å². The molecule has 7 heteroatoms. The molecule has 1 saturated carbocycles. The first kappa shape index (κ1) is 21.0. The summed E-state index contributed by atoms with van der Waals surface area (Å²) in [6.45, 7) is 0.503. The third kappa shape index (κ3) is 3.98. The summed E-state index contributed by atoms with van der Waals surface area (Å²) in [4.78, 5) is 8.85. The molecule has 0 radical (unpaired) electrons. The molecule has 32 heavy (non-hydrogen) atoms. The highest BCUT2D eigenvalue weighted by molar-refractivity contribution is 9.10. The number of rotatable bonds is 5. The number of fused-ring (bicyclic) bond motifs is 1. The van der Waals surface area contributed by atoms with Crippen molar-refractivity contribution in [1.29, 1.82) is 0 Å². The predicted octanol–water partition coefficient (Wildman–Crippen LogP) is 5.50. The van der Waals surface area contributed by atoms with Crippen LogP contribution in [0.25, 0.3) is 22.2 Å². The van der Waals surface area contributed by atoms with Gasteiger partial charge >= 0.3 is 0 Å². The molecule has 0 amide bonds. The maximum Gasteiger partial charge on any atom is 0.147 e. The predicted molar refractivity (Wildman–Crippen MR) is 129 cm³/mol. The Bertz CT molecular complexity index is 1230. The minimum Gasteiger partial charge on any atom is -0.489 e. The fourth-order valence-electron chi connectivity index (χ4n) is 4.52. The van der Waals surface area contributed by atoms with E-state index in [-0.39, 0.29) is 12.1 Å². The average Bonchev–Trinajstić information content (AvgIpc) is 3.12. The third-order valence-electron chi connectivity index (χ3n) is 6.15. The SMILES string of the molecule is Nc1ncnc2c1c(-c1cccc(OCc3ccccc3)c1)c(Br)n2C1CCC(O)CC1. The summed E-state index contributed by atoms with van der Waals surface area (Å²) >= 11 is 3.85. The Balaban J connectivity index is 1.55. The Hall–Kier alpha value is -2.90. The summed E-state index contributed by atoms with van der Waals surface area (Å²) in [6.07, 6.45) is 4.66. The molecule has 0 aliphatic heterocycles. The molecule has 0 saturated heterocycles. The second-order valence-electron chi connectivity index (χ2n) is 8.26. The monoisotopic (exact) mass is 492 g/mol. The van der Waals surface area contributed by atoms with Crippen molar-refractivity contribution >= 4 is 32.8 Å². The lowest BCUT2D eigenvalue weighted by atomic mass is 9.93. The molecule has 164 valence electrons. The van der Waals surface area contributed by atoms with Crippen molar-refractivity contribution in [2.24, 2.45) is 0 Å². The van der Waals surface area contributed by atoms with Crippen LogP contribution in [0.3, 0.4) is 0 Å². The summed E-state index contributed by atoms with van der Waals surface area (Å²) in [7, 11) is 0. The van der Waals surface area contributed by atoms with Crippen molar-refractivity contribution in [2.45, 2.75) is 44.4 Å². The van der Waals surface area contributed by atoms with Gasteiger partial charge in [0.25, 0.3) is 0 Å². The minimum atomic E-state index is -0.218. The number of ether oxygens (including phenoxy) is 1.